The first-order valence-electron chi connectivity index (χ1n) is 6.67. The molecule has 1 heterocycles. The van der Waals surface area contributed by atoms with Gasteiger partial charge < -0.3 is 9.84 Å². The number of hydrogen-bond donors (Lipinski definition) is 1. The Bertz CT molecular complexity index is 498. The molecule has 4 nitrogen and oxygen atoms in total. The molecule has 0 unspecified atom stereocenters. The lowest BCUT2D eigenvalue weighted by Crippen LogP contribution is -1.96. The van der Waals surface area contributed by atoms with Gasteiger partial charge in [0, 0.05) is 12.4 Å². The van der Waals surface area contributed by atoms with Crippen molar-refractivity contribution in [2.24, 2.45) is 0 Å². The van der Waals surface area contributed by atoms with Crippen LogP contribution >= 0.6 is 0 Å². The molecule has 0 aliphatic heterocycles. The van der Waals surface area contributed by atoms with Crippen molar-refractivity contribution in [1.82, 2.24) is 4.98 Å². The van der Waals surface area contributed by atoms with Crippen LogP contribution in [-0.4, -0.2) is 16.1 Å². The van der Waals surface area contributed by atoms with Gasteiger partial charge >= 0.3 is 5.97 Å². The number of carboxylic acids is 1. The van der Waals surface area contributed by atoms with Crippen molar-refractivity contribution in [2.75, 3.05) is 0 Å². The highest BCUT2D eigenvalue weighted by molar-refractivity contribution is 5.88. The van der Waals surface area contributed by atoms with E-state index in [0.29, 0.717) is 11.5 Å². The molecule has 0 radical (unpaired) electrons. The molecule has 0 aliphatic rings. The average Bonchev–Trinajstić information content (AvgIpc) is 2.52. The van der Waals surface area contributed by atoms with Gasteiger partial charge in [-0.2, -0.15) is 0 Å². The van der Waals surface area contributed by atoms with Gasteiger partial charge in [-0.1, -0.05) is 33.8 Å². The molecule has 0 aliphatic carbocycles. The van der Waals surface area contributed by atoms with Crippen LogP contribution in [0.2, 0.25) is 0 Å². The number of benzene rings is 1. The summed E-state index contributed by atoms with van der Waals surface area (Å²) in [6.07, 6.45) is 3.22. The number of ether oxygens (including phenoxy) is 1. The molecule has 0 amide bonds. The number of carboxylic acid groups (broad SMARTS) is 1. The van der Waals surface area contributed by atoms with E-state index in [1.807, 2.05) is 27.7 Å². The van der Waals surface area contributed by atoms with Crippen molar-refractivity contribution in [1.29, 1.82) is 0 Å². The van der Waals surface area contributed by atoms with Crippen molar-refractivity contribution < 1.29 is 14.6 Å². The topological polar surface area (TPSA) is 59.4 Å². The molecule has 0 fully saturated rings. The third-order valence-electron chi connectivity index (χ3n) is 1.97. The summed E-state index contributed by atoms with van der Waals surface area (Å²) < 4.78 is 5.47. The molecule has 0 saturated carbocycles. The predicted molar refractivity (Wildman–Crippen MR) is 80.4 cm³/mol. The molecular formula is C16H21NO3. The monoisotopic (exact) mass is 275 g/mol. The molecule has 1 aromatic heterocycles. The normalized spacial score (nSPS) is 8.40. The number of nitrogens with zero attached hydrogens (tertiary/aromatic N) is 1. The van der Waals surface area contributed by atoms with Gasteiger partial charge in [-0.05, 0) is 30.3 Å². The predicted octanol–water partition coefficient (Wildman–Crippen LogP) is 4.62. The summed E-state index contributed by atoms with van der Waals surface area (Å²) in [6, 6.07) is 9.73. The second-order valence-electron chi connectivity index (χ2n) is 3.12. The lowest BCUT2D eigenvalue weighted by Gasteiger charge is -2.05. The fourth-order valence-corrected chi connectivity index (χ4v) is 1.23. The van der Waals surface area contributed by atoms with E-state index in [1.165, 1.54) is 12.1 Å². The molecule has 20 heavy (non-hydrogen) atoms. The molecule has 0 bridgehead atoms. The molecule has 1 aromatic carbocycles. The van der Waals surface area contributed by atoms with E-state index in [0.717, 1.165) is 0 Å². The Labute approximate surface area is 120 Å². The zero-order valence-corrected chi connectivity index (χ0v) is 12.3. The van der Waals surface area contributed by atoms with Gasteiger partial charge in [0.25, 0.3) is 0 Å². The van der Waals surface area contributed by atoms with Crippen LogP contribution in [0.3, 0.4) is 0 Å². The largest absolute Gasteiger partial charge is 0.478 e. The summed E-state index contributed by atoms with van der Waals surface area (Å²) in [5.74, 6) is 0.142. The fraction of sp³-hybridized carbons (Fsp3) is 0.250. The van der Waals surface area contributed by atoms with Crippen molar-refractivity contribution in [3.05, 3.63) is 54.4 Å². The maximum absolute atomic E-state index is 10.7. The zero-order valence-electron chi connectivity index (χ0n) is 12.3. The second kappa shape index (κ2) is 10.6. The van der Waals surface area contributed by atoms with Crippen LogP contribution in [0.4, 0.5) is 0 Å². The van der Waals surface area contributed by atoms with E-state index in [-0.39, 0.29) is 5.56 Å². The Kier molecular flexibility index (Phi) is 9.31. The lowest BCUT2D eigenvalue weighted by atomic mass is 10.2. The van der Waals surface area contributed by atoms with Crippen molar-refractivity contribution in [2.45, 2.75) is 27.7 Å². The van der Waals surface area contributed by atoms with E-state index in [4.69, 9.17) is 9.84 Å². The Morgan fingerprint density at radius 1 is 1.00 bits per heavy atom. The van der Waals surface area contributed by atoms with E-state index >= 15 is 0 Å². The van der Waals surface area contributed by atoms with Gasteiger partial charge in [0.15, 0.2) is 0 Å². The summed E-state index contributed by atoms with van der Waals surface area (Å²) >= 11 is 0. The molecular weight excluding hydrogens is 254 g/mol. The third kappa shape index (κ3) is 6.00. The van der Waals surface area contributed by atoms with Crippen molar-refractivity contribution in [3.63, 3.8) is 0 Å². The van der Waals surface area contributed by atoms with Crippen LogP contribution in [0.5, 0.6) is 11.5 Å². The number of aromatic carboxylic acids is 1. The number of aromatic nitrogens is 1. The van der Waals surface area contributed by atoms with Crippen molar-refractivity contribution in [3.8, 4) is 11.5 Å². The maximum atomic E-state index is 10.7. The first kappa shape index (κ1) is 17.6. The smallest absolute Gasteiger partial charge is 0.335 e. The quantitative estimate of drug-likeness (QED) is 0.887. The standard InChI is InChI=1S/C12H9NO3.2C2H6/c14-12(15)9-2-1-3-11(8-9)16-10-4-6-13-7-5-10;2*1-2/h1-8H,(H,14,15);2*1-2H3. The average molecular weight is 275 g/mol. The number of rotatable bonds is 3. The van der Waals surface area contributed by atoms with Gasteiger partial charge in [-0.15, -0.1) is 0 Å². The van der Waals surface area contributed by atoms with Crippen LogP contribution in [0.25, 0.3) is 0 Å². The minimum absolute atomic E-state index is 0.201. The number of pyridine rings is 1. The minimum atomic E-state index is -0.972. The van der Waals surface area contributed by atoms with Crippen LogP contribution in [0.15, 0.2) is 48.8 Å². The number of carbonyl (C=O) groups is 1. The summed E-state index contributed by atoms with van der Waals surface area (Å²) in [4.78, 5) is 14.6. The van der Waals surface area contributed by atoms with Crippen LogP contribution in [-0.2, 0) is 0 Å². The second-order valence-corrected chi connectivity index (χ2v) is 3.12. The first-order chi connectivity index (χ1) is 9.75. The Morgan fingerprint density at radius 2 is 1.60 bits per heavy atom. The van der Waals surface area contributed by atoms with Gasteiger partial charge in [-0.25, -0.2) is 4.79 Å². The summed E-state index contributed by atoms with van der Waals surface area (Å²) in [7, 11) is 0. The van der Waals surface area contributed by atoms with E-state index in [2.05, 4.69) is 4.98 Å². The Hall–Kier alpha value is -2.36. The highest BCUT2D eigenvalue weighted by Crippen LogP contribution is 2.21. The Morgan fingerprint density at radius 3 is 2.15 bits per heavy atom. The molecule has 0 spiro atoms. The van der Waals surface area contributed by atoms with Crippen molar-refractivity contribution >= 4 is 5.97 Å². The van der Waals surface area contributed by atoms with Gasteiger partial charge in [0.1, 0.15) is 11.5 Å². The summed E-state index contributed by atoms with van der Waals surface area (Å²) in [5.41, 5.74) is 0.201. The SMILES string of the molecule is CC.CC.O=C(O)c1cccc(Oc2ccncc2)c1. The molecule has 2 aromatic rings. The minimum Gasteiger partial charge on any atom is -0.478 e. The van der Waals surface area contributed by atoms with Gasteiger partial charge in [0.05, 0.1) is 5.56 Å². The summed E-state index contributed by atoms with van der Waals surface area (Å²) in [6.45, 7) is 8.00. The van der Waals surface area contributed by atoms with E-state index in [1.54, 1.807) is 36.7 Å². The first-order valence-corrected chi connectivity index (χ1v) is 6.67. The zero-order chi connectivity index (χ0) is 15.4. The lowest BCUT2D eigenvalue weighted by molar-refractivity contribution is 0.0696. The van der Waals surface area contributed by atoms with Gasteiger partial charge in [-0.3, -0.25) is 4.98 Å². The van der Waals surface area contributed by atoms with E-state index < -0.39 is 5.97 Å². The van der Waals surface area contributed by atoms with Gasteiger partial charge in [0.2, 0.25) is 0 Å². The van der Waals surface area contributed by atoms with E-state index in [9.17, 15) is 4.79 Å². The number of hydrogen-bond acceptors (Lipinski definition) is 3. The Balaban J connectivity index is 0.000000829. The van der Waals surface area contributed by atoms with Crippen LogP contribution < -0.4 is 4.74 Å². The summed E-state index contributed by atoms with van der Waals surface area (Å²) in [5, 5.41) is 8.81. The maximum Gasteiger partial charge on any atom is 0.335 e. The highest BCUT2D eigenvalue weighted by atomic mass is 16.5. The highest BCUT2D eigenvalue weighted by Gasteiger charge is 2.04. The molecule has 2 rings (SSSR count). The van der Waals surface area contributed by atoms with Crippen LogP contribution in [0.1, 0.15) is 38.1 Å². The fourth-order valence-electron chi connectivity index (χ4n) is 1.23. The third-order valence-corrected chi connectivity index (χ3v) is 1.97. The molecule has 1 N–H and O–H groups in total. The molecule has 4 heteroatoms. The molecule has 108 valence electrons. The van der Waals surface area contributed by atoms with Crippen LogP contribution in [0, 0.1) is 0 Å². The molecule has 0 saturated heterocycles. The molecule has 0 atom stereocenters.